The summed E-state index contributed by atoms with van der Waals surface area (Å²) < 4.78 is 0. The van der Waals surface area contributed by atoms with E-state index in [2.05, 4.69) is 32.7 Å². The van der Waals surface area contributed by atoms with Gasteiger partial charge >= 0.3 is 0 Å². The lowest BCUT2D eigenvalue weighted by molar-refractivity contribution is 0.715. The minimum absolute atomic E-state index is 0.767. The zero-order valence-electron chi connectivity index (χ0n) is 9.23. The van der Waals surface area contributed by atoms with Crippen LogP contribution in [0.15, 0.2) is 12.2 Å². The van der Waals surface area contributed by atoms with Gasteiger partial charge in [0.05, 0.1) is 0 Å². The predicted octanol–water partition coefficient (Wildman–Crippen LogP) is 3.07. The fourth-order valence-corrected chi connectivity index (χ4v) is 1.73. The van der Waals surface area contributed by atoms with E-state index in [9.17, 15) is 0 Å². The Hall–Kier alpha value is 0.0500. The Balaban J connectivity index is 3.30. The van der Waals surface area contributed by atoms with Gasteiger partial charge in [0.1, 0.15) is 0 Å². The summed E-state index contributed by atoms with van der Waals surface area (Å²) in [6.07, 6.45) is 2.45. The van der Waals surface area contributed by atoms with Gasteiger partial charge in [-0.15, -0.1) is 0 Å². The normalized spacial score (nSPS) is 12.8. The van der Waals surface area contributed by atoms with Crippen LogP contribution in [-0.2, 0) is 0 Å². The molecule has 0 rings (SSSR count). The first kappa shape index (κ1) is 13.1. The number of hydrogen-bond acceptors (Lipinski definition) is 2. The van der Waals surface area contributed by atoms with Crippen molar-refractivity contribution in [2.24, 2.45) is 0 Å². The second kappa shape index (κ2) is 8.64. The van der Waals surface area contributed by atoms with Gasteiger partial charge in [0.15, 0.2) is 0 Å². The van der Waals surface area contributed by atoms with E-state index in [-0.39, 0.29) is 0 Å². The largest absolute Gasteiger partial charge is 0.313 e. The second-order valence-corrected chi connectivity index (χ2v) is 4.88. The highest BCUT2D eigenvalue weighted by atomic mass is 32.2. The molecular formula is C11H23NS. The van der Waals surface area contributed by atoms with E-state index in [1.54, 1.807) is 0 Å². The van der Waals surface area contributed by atoms with Crippen LogP contribution in [-0.4, -0.2) is 24.1 Å². The summed E-state index contributed by atoms with van der Waals surface area (Å²) in [5, 5.41) is 4.13. The second-order valence-electron chi connectivity index (χ2n) is 3.46. The van der Waals surface area contributed by atoms with Gasteiger partial charge in [0, 0.05) is 17.5 Å². The molecule has 2 heteroatoms. The van der Waals surface area contributed by atoms with E-state index in [1.165, 1.54) is 18.4 Å². The van der Waals surface area contributed by atoms with Crippen molar-refractivity contribution < 1.29 is 0 Å². The smallest absolute Gasteiger partial charge is 0.0170 e. The number of nitrogens with one attached hydrogen (secondary N) is 1. The van der Waals surface area contributed by atoms with Gasteiger partial charge in [-0.05, 0) is 19.4 Å². The van der Waals surface area contributed by atoms with E-state index < -0.39 is 0 Å². The molecule has 0 aliphatic heterocycles. The quantitative estimate of drug-likeness (QED) is 0.478. The summed E-state index contributed by atoms with van der Waals surface area (Å²) in [4.78, 5) is 0. The van der Waals surface area contributed by atoms with Crippen LogP contribution in [0.25, 0.3) is 0 Å². The predicted molar refractivity (Wildman–Crippen MR) is 64.5 cm³/mol. The fraction of sp³-hybridized carbons (Fsp3) is 0.818. The summed E-state index contributed by atoms with van der Waals surface area (Å²) in [6.45, 7) is 12.8. The molecule has 1 unspecified atom stereocenters. The van der Waals surface area contributed by atoms with Crippen molar-refractivity contribution in [2.45, 2.75) is 38.9 Å². The molecule has 0 saturated carbocycles. The minimum Gasteiger partial charge on any atom is -0.313 e. The molecule has 0 aromatic carbocycles. The van der Waals surface area contributed by atoms with Gasteiger partial charge in [0.25, 0.3) is 0 Å². The Morgan fingerprint density at radius 2 is 2.15 bits per heavy atom. The summed E-state index contributed by atoms with van der Waals surface area (Å²) >= 11 is 2.00. The number of hydrogen-bond donors (Lipinski definition) is 1. The first-order valence-electron chi connectivity index (χ1n) is 5.19. The van der Waals surface area contributed by atoms with Crippen LogP contribution in [0.1, 0.15) is 33.6 Å². The van der Waals surface area contributed by atoms with Crippen LogP contribution in [0, 0.1) is 0 Å². The third kappa shape index (κ3) is 8.38. The van der Waals surface area contributed by atoms with E-state index in [1.807, 2.05) is 11.8 Å². The van der Waals surface area contributed by atoms with Crippen molar-refractivity contribution >= 4 is 11.8 Å². The van der Waals surface area contributed by atoms with Crippen molar-refractivity contribution in [3.63, 3.8) is 0 Å². The molecule has 0 amide bonds. The maximum absolute atomic E-state index is 4.05. The molecule has 1 N–H and O–H groups in total. The molecule has 0 aliphatic carbocycles. The Kier molecular flexibility index (Phi) is 8.67. The van der Waals surface area contributed by atoms with Crippen LogP contribution in [0.4, 0.5) is 0 Å². The van der Waals surface area contributed by atoms with Gasteiger partial charge in [-0.2, -0.15) is 11.8 Å². The summed E-state index contributed by atoms with van der Waals surface area (Å²) in [7, 11) is 0. The molecule has 0 saturated heterocycles. The molecule has 0 spiro atoms. The van der Waals surface area contributed by atoms with Crippen molar-refractivity contribution in [3.8, 4) is 0 Å². The van der Waals surface area contributed by atoms with Crippen LogP contribution >= 0.6 is 11.8 Å². The average molecular weight is 201 g/mol. The third-order valence-electron chi connectivity index (χ3n) is 1.95. The monoisotopic (exact) mass is 201 g/mol. The van der Waals surface area contributed by atoms with Crippen LogP contribution in [0.2, 0.25) is 0 Å². The van der Waals surface area contributed by atoms with Crippen LogP contribution < -0.4 is 5.32 Å². The van der Waals surface area contributed by atoms with E-state index >= 15 is 0 Å². The molecule has 13 heavy (non-hydrogen) atoms. The van der Waals surface area contributed by atoms with E-state index in [0.29, 0.717) is 0 Å². The highest BCUT2D eigenvalue weighted by Gasteiger charge is 2.00. The molecule has 0 aromatic rings. The lowest BCUT2D eigenvalue weighted by Gasteiger charge is -2.10. The maximum Gasteiger partial charge on any atom is 0.0170 e. The first-order valence-corrected chi connectivity index (χ1v) is 6.24. The van der Waals surface area contributed by atoms with Gasteiger partial charge in [0.2, 0.25) is 0 Å². The summed E-state index contributed by atoms with van der Waals surface area (Å²) in [6, 6.07) is 0. The zero-order valence-corrected chi connectivity index (χ0v) is 10.0. The molecule has 78 valence electrons. The summed E-state index contributed by atoms with van der Waals surface area (Å²) in [5.41, 5.74) is 1.32. The molecule has 0 aliphatic rings. The Morgan fingerprint density at radius 3 is 2.69 bits per heavy atom. The standard InChI is InChI=1S/C11H23NS/c1-5-7-12-8-10(3)9-13-11(4)6-2/h11-12H,3,5-9H2,1-2,4H3. The SMILES string of the molecule is C=C(CNCCC)CSC(C)CC. The van der Waals surface area contributed by atoms with Crippen LogP contribution in [0.3, 0.4) is 0 Å². The topological polar surface area (TPSA) is 12.0 Å². The molecule has 1 nitrogen and oxygen atoms in total. The average Bonchev–Trinajstić information content (AvgIpc) is 2.14. The van der Waals surface area contributed by atoms with Crippen LogP contribution in [0.5, 0.6) is 0 Å². The molecule has 0 bridgehead atoms. The molecule has 0 aromatic heterocycles. The van der Waals surface area contributed by atoms with E-state index in [4.69, 9.17) is 0 Å². The number of rotatable bonds is 8. The molecule has 0 heterocycles. The third-order valence-corrected chi connectivity index (χ3v) is 3.43. The lowest BCUT2D eigenvalue weighted by Crippen LogP contribution is -2.18. The molecule has 0 radical (unpaired) electrons. The highest BCUT2D eigenvalue weighted by Crippen LogP contribution is 2.15. The zero-order chi connectivity index (χ0) is 10.1. The molecular weight excluding hydrogens is 178 g/mol. The van der Waals surface area contributed by atoms with Crippen molar-refractivity contribution in [2.75, 3.05) is 18.8 Å². The van der Waals surface area contributed by atoms with Crippen molar-refractivity contribution in [1.29, 1.82) is 0 Å². The Morgan fingerprint density at radius 1 is 1.46 bits per heavy atom. The molecule has 0 fully saturated rings. The van der Waals surface area contributed by atoms with Crippen molar-refractivity contribution in [1.82, 2.24) is 5.32 Å². The van der Waals surface area contributed by atoms with Crippen molar-refractivity contribution in [3.05, 3.63) is 12.2 Å². The highest BCUT2D eigenvalue weighted by molar-refractivity contribution is 8.00. The minimum atomic E-state index is 0.767. The Labute approximate surface area is 87.4 Å². The van der Waals surface area contributed by atoms with Gasteiger partial charge < -0.3 is 5.32 Å². The van der Waals surface area contributed by atoms with Gasteiger partial charge in [-0.1, -0.05) is 32.9 Å². The Bertz CT molecular complexity index is 134. The maximum atomic E-state index is 4.05. The first-order chi connectivity index (χ1) is 6.20. The fourth-order valence-electron chi connectivity index (χ4n) is 0.871. The van der Waals surface area contributed by atoms with E-state index in [0.717, 1.165) is 24.1 Å². The van der Waals surface area contributed by atoms with Gasteiger partial charge in [-0.3, -0.25) is 0 Å². The number of thioether (sulfide) groups is 1. The van der Waals surface area contributed by atoms with Gasteiger partial charge in [-0.25, -0.2) is 0 Å². The molecule has 1 atom stereocenters. The summed E-state index contributed by atoms with van der Waals surface area (Å²) in [5.74, 6) is 1.10. The lowest BCUT2D eigenvalue weighted by atomic mass is 10.3.